The second-order valence-electron chi connectivity index (χ2n) is 6.29. The Bertz CT molecular complexity index is 603. The van der Waals surface area contributed by atoms with Crippen LogP contribution in [0.4, 0.5) is 13.2 Å². The Morgan fingerprint density at radius 3 is 2.77 bits per heavy atom. The van der Waals surface area contributed by atoms with Crippen molar-refractivity contribution in [2.45, 2.75) is 32.1 Å². The van der Waals surface area contributed by atoms with Crippen LogP contribution in [0.25, 0.3) is 0 Å². The summed E-state index contributed by atoms with van der Waals surface area (Å²) in [6, 6.07) is -0.0904. The fraction of sp³-hybridized carbons (Fsp3) is 0.800. The molecule has 8 nitrogen and oxygen atoms in total. The first kappa shape index (κ1) is 20.4. The molecule has 1 aliphatic heterocycles. The van der Waals surface area contributed by atoms with Crippen molar-refractivity contribution in [3.05, 3.63) is 11.6 Å². The molecule has 1 fully saturated rings. The molecule has 148 valence electrons. The number of guanidine groups is 1. The van der Waals surface area contributed by atoms with Crippen LogP contribution in [0.1, 0.15) is 18.1 Å². The van der Waals surface area contributed by atoms with Crippen molar-refractivity contribution in [1.82, 2.24) is 30.3 Å². The number of hydrogen-bond acceptors (Lipinski definition) is 5. The number of aromatic nitrogens is 3. The van der Waals surface area contributed by atoms with Gasteiger partial charge in [-0.15, -0.1) is 10.2 Å². The molecule has 1 saturated heterocycles. The van der Waals surface area contributed by atoms with E-state index in [1.54, 1.807) is 7.11 Å². The van der Waals surface area contributed by atoms with Crippen molar-refractivity contribution < 1.29 is 17.9 Å². The van der Waals surface area contributed by atoms with Gasteiger partial charge in [0.05, 0.1) is 13.2 Å². The molecule has 2 heterocycles. The zero-order valence-corrected chi connectivity index (χ0v) is 15.3. The third-order valence-electron chi connectivity index (χ3n) is 4.18. The molecule has 0 amide bonds. The molecule has 26 heavy (non-hydrogen) atoms. The number of ether oxygens (including phenoxy) is 1. The van der Waals surface area contributed by atoms with Crippen LogP contribution in [0, 0.1) is 6.92 Å². The van der Waals surface area contributed by atoms with E-state index in [2.05, 4.69) is 25.8 Å². The van der Waals surface area contributed by atoms with Crippen LogP contribution in [0.2, 0.25) is 0 Å². The van der Waals surface area contributed by atoms with Crippen LogP contribution < -0.4 is 10.6 Å². The molecule has 11 heteroatoms. The van der Waals surface area contributed by atoms with Gasteiger partial charge >= 0.3 is 6.18 Å². The first-order valence-corrected chi connectivity index (χ1v) is 8.46. The van der Waals surface area contributed by atoms with E-state index >= 15 is 0 Å². The minimum Gasteiger partial charge on any atom is -0.383 e. The van der Waals surface area contributed by atoms with Gasteiger partial charge < -0.3 is 19.9 Å². The Kier molecular flexibility index (Phi) is 7.21. The molecule has 1 aromatic rings. The van der Waals surface area contributed by atoms with E-state index in [-0.39, 0.29) is 6.04 Å². The maximum Gasteiger partial charge on any atom is 0.401 e. The Balaban J connectivity index is 1.94. The number of likely N-dealkylation sites (tertiary alicyclic amines) is 1. The monoisotopic (exact) mass is 377 g/mol. The smallest absolute Gasteiger partial charge is 0.383 e. The molecule has 0 spiro atoms. The fourth-order valence-electron chi connectivity index (χ4n) is 2.70. The van der Waals surface area contributed by atoms with Gasteiger partial charge in [-0.25, -0.2) is 4.99 Å². The highest BCUT2D eigenvalue weighted by Crippen LogP contribution is 2.19. The van der Waals surface area contributed by atoms with Crippen LogP contribution in [0.3, 0.4) is 0 Å². The molecule has 0 aliphatic carbocycles. The van der Waals surface area contributed by atoms with Crippen LogP contribution in [-0.2, 0) is 18.3 Å². The Morgan fingerprint density at radius 2 is 2.15 bits per heavy atom. The van der Waals surface area contributed by atoms with Crippen molar-refractivity contribution in [1.29, 1.82) is 0 Å². The van der Waals surface area contributed by atoms with Crippen molar-refractivity contribution in [2.75, 3.05) is 39.9 Å². The van der Waals surface area contributed by atoms with Gasteiger partial charge in [0, 0.05) is 39.8 Å². The topological polar surface area (TPSA) is 79.6 Å². The highest BCUT2D eigenvalue weighted by Gasteiger charge is 2.34. The highest BCUT2D eigenvalue weighted by atomic mass is 19.4. The van der Waals surface area contributed by atoms with Gasteiger partial charge in [-0.2, -0.15) is 13.2 Å². The summed E-state index contributed by atoms with van der Waals surface area (Å²) >= 11 is 0. The maximum absolute atomic E-state index is 12.5. The number of methoxy groups -OCH3 is 1. The van der Waals surface area contributed by atoms with Gasteiger partial charge in [-0.1, -0.05) is 0 Å². The number of alkyl halides is 3. The van der Waals surface area contributed by atoms with Gasteiger partial charge in [0.2, 0.25) is 0 Å². The number of aryl methyl sites for hydroxylation is 1. The molecule has 2 rings (SSSR count). The number of halogens is 3. The Labute approximate surface area is 150 Å². The Morgan fingerprint density at radius 1 is 1.38 bits per heavy atom. The summed E-state index contributed by atoms with van der Waals surface area (Å²) in [7, 11) is 3.46. The van der Waals surface area contributed by atoms with E-state index in [0.717, 1.165) is 5.82 Å². The average molecular weight is 377 g/mol. The average Bonchev–Trinajstić information content (AvgIpc) is 3.11. The second-order valence-corrected chi connectivity index (χ2v) is 6.29. The molecule has 0 saturated carbocycles. The second kappa shape index (κ2) is 9.17. The van der Waals surface area contributed by atoms with Gasteiger partial charge in [0.15, 0.2) is 11.8 Å². The lowest BCUT2D eigenvalue weighted by Gasteiger charge is -2.20. The number of nitrogens with zero attached hydrogens (tertiary/aromatic N) is 5. The summed E-state index contributed by atoms with van der Waals surface area (Å²) < 4.78 is 44.4. The van der Waals surface area contributed by atoms with Gasteiger partial charge in [-0.3, -0.25) is 4.90 Å². The third-order valence-corrected chi connectivity index (χ3v) is 4.18. The van der Waals surface area contributed by atoms with Gasteiger partial charge in [-0.05, 0) is 13.3 Å². The molecule has 1 unspecified atom stereocenters. The molecular formula is C15H26F3N7O. The van der Waals surface area contributed by atoms with Crippen LogP contribution >= 0.6 is 0 Å². The van der Waals surface area contributed by atoms with Crippen LogP contribution in [0.5, 0.6) is 0 Å². The summed E-state index contributed by atoms with van der Waals surface area (Å²) in [6.45, 7) is 3.06. The lowest BCUT2D eigenvalue weighted by Crippen LogP contribution is -2.46. The van der Waals surface area contributed by atoms with Gasteiger partial charge in [0.25, 0.3) is 0 Å². The minimum absolute atomic E-state index is 0.0904. The fourth-order valence-corrected chi connectivity index (χ4v) is 2.70. The first-order valence-electron chi connectivity index (χ1n) is 8.46. The van der Waals surface area contributed by atoms with Crippen molar-refractivity contribution in [3.8, 4) is 0 Å². The summed E-state index contributed by atoms with van der Waals surface area (Å²) in [6.07, 6.45) is -3.55. The van der Waals surface area contributed by atoms with Crippen molar-refractivity contribution in [2.24, 2.45) is 12.0 Å². The van der Waals surface area contributed by atoms with E-state index in [1.165, 1.54) is 4.90 Å². The predicted octanol–water partition coefficient (Wildman–Crippen LogP) is 0.442. The molecule has 0 radical (unpaired) electrons. The quantitative estimate of drug-likeness (QED) is 0.408. The van der Waals surface area contributed by atoms with Crippen molar-refractivity contribution >= 4 is 5.96 Å². The lowest BCUT2D eigenvalue weighted by atomic mass is 10.3. The van der Waals surface area contributed by atoms with E-state index in [9.17, 15) is 13.2 Å². The van der Waals surface area contributed by atoms with E-state index in [0.29, 0.717) is 51.0 Å². The Hall–Kier alpha value is -1.88. The summed E-state index contributed by atoms with van der Waals surface area (Å²) in [5, 5.41) is 14.4. The molecule has 0 bridgehead atoms. The van der Waals surface area contributed by atoms with E-state index < -0.39 is 12.7 Å². The van der Waals surface area contributed by atoms with E-state index in [4.69, 9.17) is 4.74 Å². The van der Waals surface area contributed by atoms with Crippen molar-refractivity contribution in [3.63, 3.8) is 0 Å². The zero-order chi connectivity index (χ0) is 19.2. The SMILES string of the molecule is COCCNC(=NCc1nnc(C)n1C)NC1CCN(CC(F)(F)F)C1. The molecule has 2 N–H and O–H groups in total. The number of hydrogen-bond donors (Lipinski definition) is 2. The zero-order valence-electron chi connectivity index (χ0n) is 15.3. The maximum atomic E-state index is 12.5. The van der Waals surface area contributed by atoms with Gasteiger partial charge in [0.1, 0.15) is 12.4 Å². The van der Waals surface area contributed by atoms with Crippen LogP contribution in [0.15, 0.2) is 4.99 Å². The normalized spacial score (nSPS) is 19.2. The predicted molar refractivity (Wildman–Crippen MR) is 90.8 cm³/mol. The molecule has 1 atom stereocenters. The number of rotatable bonds is 7. The molecular weight excluding hydrogens is 351 g/mol. The summed E-state index contributed by atoms with van der Waals surface area (Å²) in [4.78, 5) is 5.88. The largest absolute Gasteiger partial charge is 0.401 e. The summed E-state index contributed by atoms with van der Waals surface area (Å²) in [5.41, 5.74) is 0. The number of aliphatic imine (C=N–C) groups is 1. The van der Waals surface area contributed by atoms with E-state index in [1.807, 2.05) is 18.5 Å². The third kappa shape index (κ3) is 6.45. The summed E-state index contributed by atoms with van der Waals surface area (Å²) in [5.74, 6) is 2.03. The van der Waals surface area contributed by atoms with Crippen LogP contribution in [-0.4, -0.2) is 77.7 Å². The lowest BCUT2D eigenvalue weighted by molar-refractivity contribution is -0.143. The molecule has 1 aliphatic rings. The standard InChI is InChI=1S/C15H26F3N7O/c1-11-22-23-13(24(11)2)8-20-14(19-5-7-26-3)21-12-4-6-25(9-12)10-15(16,17)18/h12H,4-10H2,1-3H3,(H2,19,20,21). The highest BCUT2D eigenvalue weighted by molar-refractivity contribution is 5.80. The minimum atomic E-state index is -4.18. The number of nitrogens with one attached hydrogen (secondary N) is 2. The molecule has 0 aromatic carbocycles. The first-order chi connectivity index (χ1) is 12.3. The molecule has 1 aromatic heterocycles.